The van der Waals surface area contributed by atoms with E-state index in [9.17, 15) is 24.0 Å². The smallest absolute Gasteiger partial charge is 0.407 e. The van der Waals surface area contributed by atoms with E-state index in [0.29, 0.717) is 32.6 Å². The molecule has 4 N–H and O–H groups in total. The highest BCUT2D eigenvalue weighted by Gasteiger charge is 2.28. The van der Waals surface area contributed by atoms with Crippen LogP contribution in [0.4, 0.5) is 9.59 Å². The molecule has 12 nitrogen and oxygen atoms in total. The molecule has 0 bridgehead atoms. The number of methoxy groups -OCH3 is 2. The third-order valence-electron chi connectivity index (χ3n) is 4.67. The number of nitrogens with zero attached hydrogens (tertiary/aromatic N) is 1. The second kappa shape index (κ2) is 15.0. The first-order valence-electron chi connectivity index (χ1n) is 10.3. The van der Waals surface area contributed by atoms with E-state index in [2.05, 4.69) is 30.7 Å². The van der Waals surface area contributed by atoms with Crippen LogP contribution in [0.1, 0.15) is 38.5 Å². The second-order valence-corrected chi connectivity index (χ2v) is 6.99. The zero-order valence-electron chi connectivity index (χ0n) is 18.2. The zero-order chi connectivity index (χ0) is 23.1. The van der Waals surface area contributed by atoms with Crippen LogP contribution in [0.15, 0.2) is 0 Å². The molecule has 1 saturated heterocycles. The molecule has 0 aliphatic carbocycles. The van der Waals surface area contributed by atoms with Gasteiger partial charge in [-0.2, -0.15) is 0 Å². The summed E-state index contributed by atoms with van der Waals surface area (Å²) >= 11 is 0. The fraction of sp³-hybridized carbons (Fsp3) is 0.737. The molecule has 5 amide bonds. The van der Waals surface area contributed by atoms with Gasteiger partial charge >= 0.3 is 12.2 Å². The zero-order valence-corrected chi connectivity index (χ0v) is 18.2. The van der Waals surface area contributed by atoms with Crippen molar-refractivity contribution in [1.29, 1.82) is 0 Å². The number of likely N-dealkylation sites (tertiary alicyclic amines) is 1. The van der Waals surface area contributed by atoms with Gasteiger partial charge < -0.3 is 30.7 Å². The van der Waals surface area contributed by atoms with Crippen LogP contribution in [-0.2, 0) is 23.9 Å². The summed E-state index contributed by atoms with van der Waals surface area (Å²) in [6, 6.07) is -0.173. The third kappa shape index (κ3) is 11.2. The Labute approximate surface area is 181 Å². The standard InChI is InChI=1S/C19H33N5O7/c1-30-18(28)22-9-4-3-5-14(23-19(29)31-2)13-20-10-11-21-15(25)8-12-24-16(26)6-7-17(24)27/h14,20H,3-13H2,1-2H3,(H,21,25)(H,22,28)(H,23,29). The number of amides is 5. The summed E-state index contributed by atoms with van der Waals surface area (Å²) < 4.78 is 9.13. The molecule has 1 unspecified atom stereocenters. The lowest BCUT2D eigenvalue weighted by molar-refractivity contribution is -0.138. The van der Waals surface area contributed by atoms with Gasteiger partial charge in [-0.05, 0) is 19.3 Å². The lowest BCUT2D eigenvalue weighted by Gasteiger charge is -2.19. The molecule has 0 radical (unpaired) electrons. The van der Waals surface area contributed by atoms with Crippen LogP contribution < -0.4 is 21.3 Å². The van der Waals surface area contributed by atoms with Crippen molar-refractivity contribution in [2.75, 3.05) is 46.9 Å². The van der Waals surface area contributed by atoms with Crippen molar-refractivity contribution < 1.29 is 33.4 Å². The van der Waals surface area contributed by atoms with Gasteiger partial charge in [0, 0.05) is 58.0 Å². The molecular weight excluding hydrogens is 410 g/mol. The van der Waals surface area contributed by atoms with Crippen LogP contribution in [0, 0.1) is 0 Å². The molecule has 0 aromatic heterocycles. The predicted molar refractivity (Wildman–Crippen MR) is 110 cm³/mol. The number of hydrogen-bond donors (Lipinski definition) is 4. The number of alkyl carbamates (subject to hydrolysis) is 2. The van der Waals surface area contributed by atoms with E-state index in [1.807, 2.05) is 0 Å². The second-order valence-electron chi connectivity index (χ2n) is 6.99. The fourth-order valence-corrected chi connectivity index (χ4v) is 2.97. The van der Waals surface area contributed by atoms with Crippen molar-refractivity contribution in [2.45, 2.75) is 44.6 Å². The minimum Gasteiger partial charge on any atom is -0.453 e. The van der Waals surface area contributed by atoms with Crippen LogP contribution >= 0.6 is 0 Å². The number of unbranched alkanes of at least 4 members (excludes halogenated alkanes) is 1. The maximum Gasteiger partial charge on any atom is 0.407 e. The summed E-state index contributed by atoms with van der Waals surface area (Å²) in [4.78, 5) is 58.5. The molecule has 0 aromatic rings. The maximum absolute atomic E-state index is 11.9. The molecule has 1 aliphatic heterocycles. The van der Waals surface area contributed by atoms with Crippen molar-refractivity contribution in [1.82, 2.24) is 26.2 Å². The average molecular weight is 444 g/mol. The Hall–Kier alpha value is -2.89. The minimum absolute atomic E-state index is 0.0730. The number of rotatable bonds is 14. The Balaban J connectivity index is 2.19. The Morgan fingerprint density at radius 1 is 0.935 bits per heavy atom. The van der Waals surface area contributed by atoms with Crippen molar-refractivity contribution in [3.63, 3.8) is 0 Å². The lowest BCUT2D eigenvalue weighted by Crippen LogP contribution is -2.44. The molecule has 1 heterocycles. The molecule has 12 heteroatoms. The Bertz CT molecular complexity index is 613. The molecule has 1 atom stereocenters. The first-order valence-corrected chi connectivity index (χ1v) is 10.3. The Kier molecular flexibility index (Phi) is 12.6. The topological polar surface area (TPSA) is 155 Å². The van der Waals surface area contributed by atoms with Gasteiger partial charge in [-0.25, -0.2) is 9.59 Å². The molecular formula is C19H33N5O7. The van der Waals surface area contributed by atoms with Gasteiger partial charge in [-0.1, -0.05) is 0 Å². The Morgan fingerprint density at radius 3 is 2.26 bits per heavy atom. The van der Waals surface area contributed by atoms with E-state index in [1.54, 1.807) is 0 Å². The molecule has 0 aromatic carbocycles. The average Bonchev–Trinajstić information content (AvgIpc) is 3.08. The molecule has 1 rings (SSSR count). The van der Waals surface area contributed by atoms with Crippen molar-refractivity contribution in [3.8, 4) is 0 Å². The van der Waals surface area contributed by atoms with Gasteiger partial charge in [0.1, 0.15) is 0 Å². The summed E-state index contributed by atoms with van der Waals surface area (Å²) in [7, 11) is 2.59. The molecule has 1 aliphatic rings. The largest absolute Gasteiger partial charge is 0.453 e. The predicted octanol–water partition coefficient (Wildman–Crippen LogP) is -0.518. The van der Waals surface area contributed by atoms with Gasteiger partial charge in [0.15, 0.2) is 0 Å². The van der Waals surface area contributed by atoms with Gasteiger partial charge in [-0.3, -0.25) is 19.3 Å². The summed E-state index contributed by atoms with van der Waals surface area (Å²) in [5.41, 5.74) is 0. The van der Waals surface area contributed by atoms with Crippen LogP contribution in [0.2, 0.25) is 0 Å². The third-order valence-corrected chi connectivity index (χ3v) is 4.67. The van der Waals surface area contributed by atoms with Crippen molar-refractivity contribution >= 4 is 29.9 Å². The molecule has 0 spiro atoms. The highest BCUT2D eigenvalue weighted by atomic mass is 16.5. The number of carbonyl (C=O) groups excluding carboxylic acids is 5. The van der Waals surface area contributed by atoms with E-state index in [-0.39, 0.29) is 49.6 Å². The van der Waals surface area contributed by atoms with Crippen LogP contribution in [0.25, 0.3) is 0 Å². The van der Waals surface area contributed by atoms with Gasteiger partial charge in [0.05, 0.1) is 14.2 Å². The van der Waals surface area contributed by atoms with Crippen LogP contribution in [-0.4, -0.2) is 87.8 Å². The van der Waals surface area contributed by atoms with E-state index >= 15 is 0 Å². The molecule has 176 valence electrons. The quantitative estimate of drug-likeness (QED) is 0.206. The number of ether oxygens (including phenoxy) is 2. The molecule has 1 fully saturated rings. The maximum atomic E-state index is 11.9. The Morgan fingerprint density at radius 2 is 1.61 bits per heavy atom. The first-order chi connectivity index (χ1) is 14.9. The van der Waals surface area contributed by atoms with E-state index in [1.165, 1.54) is 14.2 Å². The van der Waals surface area contributed by atoms with E-state index < -0.39 is 12.2 Å². The van der Waals surface area contributed by atoms with E-state index in [4.69, 9.17) is 0 Å². The van der Waals surface area contributed by atoms with Crippen LogP contribution in [0.5, 0.6) is 0 Å². The summed E-state index contributed by atoms with van der Waals surface area (Å²) in [6.07, 6.45) is 1.67. The highest BCUT2D eigenvalue weighted by Crippen LogP contribution is 2.11. The summed E-state index contributed by atoms with van der Waals surface area (Å²) in [5.74, 6) is -0.703. The lowest BCUT2D eigenvalue weighted by atomic mass is 10.1. The SMILES string of the molecule is COC(=O)NCCCCC(CNCCNC(=O)CCN1C(=O)CCC1=O)NC(=O)OC. The number of carbonyl (C=O) groups is 5. The molecule has 31 heavy (non-hydrogen) atoms. The number of nitrogens with one attached hydrogen (secondary N) is 4. The summed E-state index contributed by atoms with van der Waals surface area (Å²) in [6.45, 7) is 1.91. The normalized spacial score (nSPS) is 14.2. The fourth-order valence-electron chi connectivity index (χ4n) is 2.97. The first kappa shape index (κ1) is 26.1. The van der Waals surface area contributed by atoms with Gasteiger partial charge in [0.2, 0.25) is 17.7 Å². The highest BCUT2D eigenvalue weighted by molar-refractivity contribution is 6.02. The number of hydrogen-bond acceptors (Lipinski definition) is 8. The number of imide groups is 1. The van der Waals surface area contributed by atoms with Gasteiger partial charge in [-0.15, -0.1) is 0 Å². The van der Waals surface area contributed by atoms with Crippen LogP contribution in [0.3, 0.4) is 0 Å². The summed E-state index contributed by atoms with van der Waals surface area (Å²) in [5, 5.41) is 11.2. The van der Waals surface area contributed by atoms with Crippen molar-refractivity contribution in [2.24, 2.45) is 0 Å². The minimum atomic E-state index is -0.529. The monoisotopic (exact) mass is 443 g/mol. The molecule has 0 saturated carbocycles. The van der Waals surface area contributed by atoms with Gasteiger partial charge in [0.25, 0.3) is 0 Å². The van der Waals surface area contributed by atoms with E-state index in [0.717, 1.165) is 17.7 Å². The van der Waals surface area contributed by atoms with Crippen molar-refractivity contribution in [3.05, 3.63) is 0 Å².